The number of amides is 2. The number of nitrogens with zero attached hydrogens (tertiary/aromatic N) is 1. The van der Waals surface area contributed by atoms with E-state index in [0.717, 1.165) is 5.56 Å². The lowest BCUT2D eigenvalue weighted by Gasteiger charge is -2.09. The van der Waals surface area contributed by atoms with Crippen LogP contribution in [0.5, 0.6) is 11.5 Å². The number of benzene rings is 4. The second-order valence-electron chi connectivity index (χ2n) is 8.40. The van der Waals surface area contributed by atoms with Crippen molar-refractivity contribution < 1.29 is 23.9 Å². The third kappa shape index (κ3) is 7.30. The van der Waals surface area contributed by atoms with E-state index >= 15 is 0 Å². The summed E-state index contributed by atoms with van der Waals surface area (Å²) in [5.41, 5.74) is 5.58. The topological polar surface area (TPSA) is 106 Å². The minimum Gasteiger partial charge on any atom is -0.497 e. The van der Waals surface area contributed by atoms with Crippen LogP contribution >= 0.6 is 11.6 Å². The molecular weight excluding hydrogens is 518 g/mol. The minimum atomic E-state index is -0.593. The lowest BCUT2D eigenvalue weighted by molar-refractivity contribution is 0.0733. The predicted molar refractivity (Wildman–Crippen MR) is 150 cm³/mol. The Balaban J connectivity index is 1.38. The van der Waals surface area contributed by atoms with E-state index in [1.54, 1.807) is 72.8 Å². The molecule has 2 N–H and O–H groups in total. The monoisotopic (exact) mass is 541 g/mol. The number of hydrogen-bond acceptors (Lipinski definition) is 6. The highest BCUT2D eigenvalue weighted by molar-refractivity contribution is 6.31. The summed E-state index contributed by atoms with van der Waals surface area (Å²) < 4.78 is 10.7. The molecule has 0 atom stereocenters. The molecule has 4 aromatic rings. The first-order chi connectivity index (χ1) is 18.8. The van der Waals surface area contributed by atoms with Gasteiger partial charge in [0.15, 0.2) is 0 Å². The van der Waals surface area contributed by atoms with Gasteiger partial charge in [-0.1, -0.05) is 35.4 Å². The fourth-order valence-corrected chi connectivity index (χ4v) is 3.64. The van der Waals surface area contributed by atoms with Crippen LogP contribution in [0.3, 0.4) is 0 Å². The molecule has 2 amide bonds. The number of anilines is 1. The molecular formula is C30H24ClN3O5. The largest absolute Gasteiger partial charge is 0.497 e. The zero-order chi connectivity index (χ0) is 27.8. The number of rotatable bonds is 8. The number of aryl methyl sites for hydroxylation is 1. The van der Waals surface area contributed by atoms with Crippen molar-refractivity contribution in [1.29, 1.82) is 0 Å². The standard InChI is InChI=1S/C30H24ClN3O5/c1-19-6-8-20(9-7-19)28(35)33-25-13-10-21(11-14-25)29(36)34-32-18-23-16-24(31)12-15-27(23)39-30(37)22-4-3-5-26(17-22)38-2/h3-18H,1-2H3,(H,33,35)(H,34,36)/b32-18+. The summed E-state index contributed by atoms with van der Waals surface area (Å²) in [6, 6.07) is 24.8. The molecule has 0 aliphatic heterocycles. The molecule has 0 unspecified atom stereocenters. The van der Waals surface area contributed by atoms with Gasteiger partial charge in [-0.25, -0.2) is 10.2 Å². The fraction of sp³-hybridized carbons (Fsp3) is 0.0667. The van der Waals surface area contributed by atoms with Gasteiger partial charge in [-0.2, -0.15) is 5.10 Å². The third-order valence-electron chi connectivity index (χ3n) is 5.57. The van der Waals surface area contributed by atoms with Crippen molar-refractivity contribution in [1.82, 2.24) is 5.43 Å². The summed E-state index contributed by atoms with van der Waals surface area (Å²) in [4.78, 5) is 37.6. The Morgan fingerprint density at radius 2 is 1.51 bits per heavy atom. The van der Waals surface area contributed by atoms with Crippen LogP contribution in [0.25, 0.3) is 0 Å². The van der Waals surface area contributed by atoms with Gasteiger partial charge in [0.1, 0.15) is 11.5 Å². The van der Waals surface area contributed by atoms with Crippen LogP contribution in [0.4, 0.5) is 5.69 Å². The molecule has 39 heavy (non-hydrogen) atoms. The van der Waals surface area contributed by atoms with E-state index in [1.807, 2.05) is 19.1 Å². The van der Waals surface area contributed by atoms with Gasteiger partial charge in [0.25, 0.3) is 11.8 Å². The van der Waals surface area contributed by atoms with Crippen LogP contribution in [-0.4, -0.2) is 31.1 Å². The van der Waals surface area contributed by atoms with Crippen LogP contribution in [0.15, 0.2) is 96.1 Å². The number of carbonyl (C=O) groups excluding carboxylic acids is 3. The zero-order valence-corrected chi connectivity index (χ0v) is 21.9. The second-order valence-corrected chi connectivity index (χ2v) is 8.84. The zero-order valence-electron chi connectivity index (χ0n) is 21.1. The predicted octanol–water partition coefficient (Wildman–Crippen LogP) is 5.89. The van der Waals surface area contributed by atoms with Crippen LogP contribution < -0.4 is 20.2 Å². The van der Waals surface area contributed by atoms with Gasteiger partial charge >= 0.3 is 5.97 Å². The molecule has 0 saturated heterocycles. The van der Waals surface area contributed by atoms with E-state index in [-0.39, 0.29) is 11.7 Å². The van der Waals surface area contributed by atoms with Gasteiger partial charge in [0.2, 0.25) is 0 Å². The molecule has 0 radical (unpaired) electrons. The first kappa shape index (κ1) is 27.1. The van der Waals surface area contributed by atoms with E-state index in [2.05, 4.69) is 15.8 Å². The molecule has 0 saturated carbocycles. The SMILES string of the molecule is COc1cccc(C(=O)Oc2ccc(Cl)cc2/C=N/NC(=O)c2ccc(NC(=O)c3ccc(C)cc3)cc2)c1. The lowest BCUT2D eigenvalue weighted by Crippen LogP contribution is -2.18. The van der Waals surface area contributed by atoms with Crippen LogP contribution in [0.1, 0.15) is 42.2 Å². The number of nitrogens with one attached hydrogen (secondary N) is 2. The highest BCUT2D eigenvalue weighted by atomic mass is 35.5. The van der Waals surface area contributed by atoms with Crippen LogP contribution in [0, 0.1) is 6.92 Å². The Morgan fingerprint density at radius 3 is 2.23 bits per heavy atom. The molecule has 0 heterocycles. The summed E-state index contributed by atoms with van der Waals surface area (Å²) in [5, 5.41) is 7.17. The summed E-state index contributed by atoms with van der Waals surface area (Å²) in [6.45, 7) is 1.95. The van der Waals surface area contributed by atoms with Crippen LogP contribution in [-0.2, 0) is 0 Å². The quantitative estimate of drug-likeness (QED) is 0.125. The number of methoxy groups -OCH3 is 1. The summed E-state index contributed by atoms with van der Waals surface area (Å²) in [6.07, 6.45) is 1.33. The van der Waals surface area contributed by atoms with Gasteiger partial charge in [-0.15, -0.1) is 0 Å². The van der Waals surface area contributed by atoms with E-state index in [4.69, 9.17) is 21.1 Å². The Kier molecular flexibility index (Phi) is 8.71. The molecule has 8 nitrogen and oxygen atoms in total. The van der Waals surface area contributed by atoms with Crippen molar-refractivity contribution in [3.63, 3.8) is 0 Å². The molecule has 4 rings (SSSR count). The Labute approximate surface area is 230 Å². The maximum absolute atomic E-state index is 12.6. The third-order valence-corrected chi connectivity index (χ3v) is 5.80. The number of ether oxygens (including phenoxy) is 2. The van der Waals surface area contributed by atoms with E-state index in [0.29, 0.717) is 38.7 Å². The van der Waals surface area contributed by atoms with Gasteiger partial charge in [0.05, 0.1) is 18.9 Å². The second kappa shape index (κ2) is 12.5. The van der Waals surface area contributed by atoms with Crippen molar-refractivity contribution in [2.24, 2.45) is 5.10 Å². The molecule has 0 aliphatic carbocycles. The van der Waals surface area contributed by atoms with E-state index < -0.39 is 11.9 Å². The Bertz CT molecular complexity index is 1530. The first-order valence-electron chi connectivity index (χ1n) is 11.8. The molecule has 0 aliphatic rings. The molecule has 9 heteroatoms. The van der Waals surface area contributed by atoms with E-state index in [9.17, 15) is 14.4 Å². The number of carbonyl (C=O) groups is 3. The fourth-order valence-electron chi connectivity index (χ4n) is 3.46. The smallest absolute Gasteiger partial charge is 0.343 e. The van der Waals surface area contributed by atoms with Crippen molar-refractivity contribution >= 4 is 41.3 Å². The summed E-state index contributed by atoms with van der Waals surface area (Å²) in [5.74, 6) is -0.587. The molecule has 196 valence electrons. The molecule has 0 bridgehead atoms. The van der Waals surface area contributed by atoms with E-state index in [1.165, 1.54) is 19.4 Å². The first-order valence-corrected chi connectivity index (χ1v) is 12.2. The Morgan fingerprint density at radius 1 is 0.821 bits per heavy atom. The van der Waals surface area contributed by atoms with Crippen LogP contribution in [0.2, 0.25) is 5.02 Å². The molecule has 4 aromatic carbocycles. The van der Waals surface area contributed by atoms with Crippen molar-refractivity contribution in [2.45, 2.75) is 6.92 Å². The summed E-state index contributed by atoms with van der Waals surface area (Å²) >= 11 is 6.11. The average Bonchev–Trinajstić information content (AvgIpc) is 2.95. The number of hydrazone groups is 1. The normalized spacial score (nSPS) is 10.6. The highest BCUT2D eigenvalue weighted by Gasteiger charge is 2.13. The maximum Gasteiger partial charge on any atom is 0.343 e. The number of hydrogen-bond donors (Lipinski definition) is 2. The number of esters is 1. The van der Waals surface area contributed by atoms with Gasteiger partial charge in [-0.05, 0) is 79.7 Å². The minimum absolute atomic E-state index is 0.207. The molecule has 0 aromatic heterocycles. The molecule has 0 fully saturated rings. The lowest BCUT2D eigenvalue weighted by atomic mass is 10.1. The van der Waals surface area contributed by atoms with Crippen molar-refractivity contribution in [3.05, 3.63) is 124 Å². The maximum atomic E-state index is 12.6. The van der Waals surface area contributed by atoms with Gasteiger partial charge in [0, 0.05) is 27.4 Å². The number of halogens is 1. The average molecular weight is 542 g/mol. The van der Waals surface area contributed by atoms with Gasteiger partial charge < -0.3 is 14.8 Å². The summed E-state index contributed by atoms with van der Waals surface area (Å²) in [7, 11) is 1.51. The molecule has 0 spiro atoms. The Hall–Kier alpha value is -4.95. The highest BCUT2D eigenvalue weighted by Crippen LogP contribution is 2.23. The van der Waals surface area contributed by atoms with Crippen molar-refractivity contribution in [2.75, 3.05) is 12.4 Å². The van der Waals surface area contributed by atoms with Crippen molar-refractivity contribution in [3.8, 4) is 11.5 Å². The van der Waals surface area contributed by atoms with Gasteiger partial charge in [-0.3, -0.25) is 9.59 Å².